The van der Waals surface area contributed by atoms with Crippen LogP contribution in [0.3, 0.4) is 0 Å². The fourth-order valence-electron chi connectivity index (χ4n) is 4.18. The second-order valence-electron chi connectivity index (χ2n) is 8.30. The fraction of sp³-hybridized carbons (Fsp3) is 0.667. The minimum Gasteiger partial charge on any atom is -0.377 e. The summed E-state index contributed by atoms with van der Waals surface area (Å²) in [5.41, 5.74) is 1.24. The van der Waals surface area contributed by atoms with Crippen LogP contribution in [0.1, 0.15) is 37.7 Å². The van der Waals surface area contributed by atoms with E-state index in [-0.39, 0.29) is 30.8 Å². The molecule has 2 saturated carbocycles. The Bertz CT molecular complexity index is 624. The maximum Gasteiger partial charge on any atom is 0.249 e. The van der Waals surface area contributed by atoms with E-state index in [9.17, 15) is 13.6 Å². The number of piperidine rings is 1. The number of hydrogen-bond donors (Lipinski definition) is 0. The standard InChI is InChI=1S/C21H27F2NO2/c22-21(23)11-18(12-21)20(25)24-9-8-19(26-14-16-6-7-16)17(13-24)10-15-4-2-1-3-5-15/h1-5,16-19H,6-14H2/t17-,19-/m1/s1. The normalized spacial score (nSPS) is 28.6. The zero-order chi connectivity index (χ0) is 18.1. The fourth-order valence-corrected chi connectivity index (χ4v) is 4.18. The summed E-state index contributed by atoms with van der Waals surface area (Å²) < 4.78 is 32.5. The van der Waals surface area contributed by atoms with Gasteiger partial charge in [0.15, 0.2) is 0 Å². The van der Waals surface area contributed by atoms with Crippen molar-refractivity contribution in [3.63, 3.8) is 0 Å². The third-order valence-electron chi connectivity index (χ3n) is 6.00. The smallest absolute Gasteiger partial charge is 0.249 e. The minimum absolute atomic E-state index is 0.0883. The first-order valence-corrected chi connectivity index (χ1v) is 9.82. The Morgan fingerprint density at radius 1 is 1.15 bits per heavy atom. The van der Waals surface area contributed by atoms with Gasteiger partial charge in [-0.3, -0.25) is 4.79 Å². The van der Waals surface area contributed by atoms with E-state index in [1.165, 1.54) is 18.4 Å². The maximum absolute atomic E-state index is 13.1. The van der Waals surface area contributed by atoms with E-state index < -0.39 is 11.8 Å². The van der Waals surface area contributed by atoms with Crippen LogP contribution in [0, 0.1) is 17.8 Å². The van der Waals surface area contributed by atoms with Crippen molar-refractivity contribution in [3.05, 3.63) is 35.9 Å². The quantitative estimate of drug-likeness (QED) is 0.767. The monoisotopic (exact) mass is 363 g/mol. The lowest BCUT2D eigenvalue weighted by molar-refractivity contribution is -0.163. The summed E-state index contributed by atoms with van der Waals surface area (Å²) in [5.74, 6) is -2.28. The van der Waals surface area contributed by atoms with Gasteiger partial charge >= 0.3 is 0 Å². The van der Waals surface area contributed by atoms with Crippen LogP contribution in [0.2, 0.25) is 0 Å². The van der Waals surface area contributed by atoms with E-state index in [4.69, 9.17) is 4.74 Å². The van der Waals surface area contributed by atoms with Crippen LogP contribution in [-0.4, -0.2) is 42.5 Å². The molecule has 1 amide bonds. The molecule has 4 rings (SSSR count). The van der Waals surface area contributed by atoms with E-state index in [1.807, 2.05) is 23.1 Å². The van der Waals surface area contributed by atoms with E-state index in [2.05, 4.69) is 12.1 Å². The summed E-state index contributed by atoms with van der Waals surface area (Å²) >= 11 is 0. The van der Waals surface area contributed by atoms with Crippen LogP contribution in [0.25, 0.3) is 0 Å². The van der Waals surface area contributed by atoms with Crippen molar-refractivity contribution < 1.29 is 18.3 Å². The van der Waals surface area contributed by atoms with Gasteiger partial charge in [0.1, 0.15) is 0 Å². The van der Waals surface area contributed by atoms with Crippen molar-refractivity contribution in [3.8, 4) is 0 Å². The molecule has 0 spiro atoms. The van der Waals surface area contributed by atoms with Gasteiger partial charge in [-0.25, -0.2) is 8.78 Å². The van der Waals surface area contributed by atoms with Gasteiger partial charge in [0, 0.05) is 44.4 Å². The highest BCUT2D eigenvalue weighted by Gasteiger charge is 2.50. The van der Waals surface area contributed by atoms with Crippen LogP contribution in [-0.2, 0) is 16.0 Å². The summed E-state index contributed by atoms with van der Waals surface area (Å²) in [4.78, 5) is 14.4. The first-order valence-electron chi connectivity index (χ1n) is 9.82. The number of nitrogens with zero attached hydrogens (tertiary/aromatic N) is 1. The van der Waals surface area contributed by atoms with Crippen LogP contribution in [0.4, 0.5) is 8.78 Å². The van der Waals surface area contributed by atoms with Crippen molar-refractivity contribution in [1.82, 2.24) is 4.90 Å². The number of benzene rings is 1. The van der Waals surface area contributed by atoms with Crippen molar-refractivity contribution >= 4 is 5.91 Å². The predicted octanol–water partition coefficient (Wildman–Crippen LogP) is 3.92. The lowest BCUT2D eigenvalue weighted by Gasteiger charge is -2.42. The zero-order valence-corrected chi connectivity index (χ0v) is 15.1. The Balaban J connectivity index is 1.39. The number of amides is 1. The molecule has 3 aliphatic rings. The first-order chi connectivity index (χ1) is 12.5. The molecule has 0 bridgehead atoms. The van der Waals surface area contributed by atoms with Gasteiger partial charge in [0.05, 0.1) is 6.10 Å². The Morgan fingerprint density at radius 2 is 1.88 bits per heavy atom. The Hall–Kier alpha value is -1.49. The number of halogens is 2. The average Bonchev–Trinajstić information content (AvgIpc) is 3.43. The molecule has 3 nitrogen and oxygen atoms in total. The first kappa shape index (κ1) is 17.9. The molecule has 0 aromatic heterocycles. The molecule has 1 saturated heterocycles. The van der Waals surface area contributed by atoms with Gasteiger partial charge < -0.3 is 9.64 Å². The molecule has 0 radical (unpaired) electrons. The van der Waals surface area contributed by atoms with E-state index in [0.29, 0.717) is 19.0 Å². The molecular formula is C21H27F2NO2. The molecule has 2 aliphatic carbocycles. The van der Waals surface area contributed by atoms with Gasteiger partial charge in [-0.1, -0.05) is 30.3 Å². The second kappa shape index (κ2) is 7.26. The topological polar surface area (TPSA) is 29.5 Å². The largest absolute Gasteiger partial charge is 0.377 e. The van der Waals surface area contributed by atoms with Gasteiger partial charge in [-0.05, 0) is 37.2 Å². The number of ether oxygens (including phenoxy) is 1. The van der Waals surface area contributed by atoms with Crippen LogP contribution < -0.4 is 0 Å². The molecule has 26 heavy (non-hydrogen) atoms. The number of hydrogen-bond acceptors (Lipinski definition) is 2. The minimum atomic E-state index is -2.64. The summed E-state index contributed by atoms with van der Waals surface area (Å²) in [6, 6.07) is 10.3. The highest BCUT2D eigenvalue weighted by Crippen LogP contribution is 2.43. The van der Waals surface area contributed by atoms with Crippen molar-refractivity contribution in [2.75, 3.05) is 19.7 Å². The van der Waals surface area contributed by atoms with Crippen molar-refractivity contribution in [1.29, 1.82) is 0 Å². The van der Waals surface area contributed by atoms with Crippen molar-refractivity contribution in [2.45, 2.75) is 50.6 Å². The van der Waals surface area contributed by atoms with Crippen LogP contribution in [0.5, 0.6) is 0 Å². The van der Waals surface area contributed by atoms with Crippen LogP contribution in [0.15, 0.2) is 30.3 Å². The number of carbonyl (C=O) groups excluding carboxylic acids is 1. The molecule has 1 aliphatic heterocycles. The van der Waals surface area contributed by atoms with Crippen molar-refractivity contribution in [2.24, 2.45) is 17.8 Å². The Labute approximate surface area is 153 Å². The van der Waals surface area contributed by atoms with E-state index in [0.717, 1.165) is 19.4 Å². The van der Waals surface area contributed by atoms with E-state index >= 15 is 0 Å². The zero-order valence-electron chi connectivity index (χ0n) is 15.1. The lowest BCUT2D eigenvalue weighted by Crippen LogP contribution is -2.53. The number of likely N-dealkylation sites (tertiary alicyclic amines) is 1. The highest BCUT2D eigenvalue weighted by molar-refractivity contribution is 5.80. The molecule has 142 valence electrons. The summed E-state index contributed by atoms with van der Waals surface area (Å²) in [5, 5.41) is 0. The average molecular weight is 363 g/mol. The molecule has 1 heterocycles. The maximum atomic E-state index is 13.1. The summed E-state index contributed by atoms with van der Waals surface area (Å²) in [7, 11) is 0. The SMILES string of the molecule is O=C(C1CC(F)(F)C1)N1CC[C@@H](OCC2CC2)[C@H](Cc2ccccc2)C1. The molecular weight excluding hydrogens is 336 g/mol. The van der Waals surface area contributed by atoms with Gasteiger partial charge in [-0.2, -0.15) is 0 Å². The molecule has 1 aromatic rings. The predicted molar refractivity (Wildman–Crippen MR) is 95.0 cm³/mol. The second-order valence-corrected chi connectivity index (χ2v) is 8.30. The van der Waals surface area contributed by atoms with Gasteiger partial charge in [0.25, 0.3) is 0 Å². The van der Waals surface area contributed by atoms with Gasteiger partial charge in [-0.15, -0.1) is 0 Å². The molecule has 0 unspecified atom stereocenters. The lowest BCUT2D eigenvalue weighted by atomic mass is 9.79. The molecule has 1 aromatic carbocycles. The number of rotatable bonds is 6. The summed E-state index contributed by atoms with van der Waals surface area (Å²) in [6.07, 6.45) is 3.77. The number of carbonyl (C=O) groups is 1. The highest BCUT2D eigenvalue weighted by atomic mass is 19.3. The summed E-state index contributed by atoms with van der Waals surface area (Å²) in [6.45, 7) is 2.06. The van der Waals surface area contributed by atoms with E-state index in [1.54, 1.807) is 0 Å². The molecule has 2 atom stereocenters. The third kappa shape index (κ3) is 4.25. The Morgan fingerprint density at radius 3 is 2.54 bits per heavy atom. The molecule has 3 fully saturated rings. The third-order valence-corrected chi connectivity index (χ3v) is 6.00. The van der Waals surface area contributed by atoms with Crippen LogP contribution >= 0.6 is 0 Å². The molecule has 5 heteroatoms. The Kier molecular flexibility index (Phi) is 5.00. The number of alkyl halides is 2. The molecule has 0 N–H and O–H groups in total. The van der Waals surface area contributed by atoms with Gasteiger partial charge in [0.2, 0.25) is 11.8 Å².